The monoisotopic (exact) mass is 462 g/mol. The van der Waals surface area contributed by atoms with Gasteiger partial charge < -0.3 is 9.47 Å². The highest BCUT2D eigenvalue weighted by Gasteiger charge is 2.12. The first-order valence-electron chi connectivity index (χ1n) is 9.29. The summed E-state index contributed by atoms with van der Waals surface area (Å²) < 4.78 is 13.2. The van der Waals surface area contributed by atoms with Crippen LogP contribution in [0.4, 0.5) is 0 Å². The minimum absolute atomic E-state index is 0.113. The minimum atomic E-state index is -0.113. The van der Waals surface area contributed by atoms with E-state index < -0.39 is 0 Å². The smallest absolute Gasteiger partial charge is 0.266 e. The highest BCUT2D eigenvalue weighted by atomic mass is 79.9. The van der Waals surface area contributed by atoms with E-state index in [1.807, 2.05) is 72.8 Å². The van der Waals surface area contributed by atoms with E-state index in [2.05, 4.69) is 15.9 Å². The largest absolute Gasteiger partial charge is 0.493 e. The zero-order chi connectivity index (χ0) is 21.1. The van der Waals surface area contributed by atoms with E-state index in [0.29, 0.717) is 28.2 Å². The van der Waals surface area contributed by atoms with E-state index in [9.17, 15) is 4.79 Å². The number of fused-ring (bicyclic) bond motifs is 1. The van der Waals surface area contributed by atoms with Gasteiger partial charge in [0.2, 0.25) is 0 Å². The molecule has 1 heterocycles. The fourth-order valence-electron chi connectivity index (χ4n) is 3.25. The van der Waals surface area contributed by atoms with Crippen molar-refractivity contribution in [1.29, 1.82) is 0 Å². The Labute approximate surface area is 182 Å². The Morgan fingerprint density at radius 3 is 2.30 bits per heavy atom. The molecule has 0 N–H and O–H groups in total. The summed E-state index contributed by atoms with van der Waals surface area (Å²) in [5, 5.41) is 0.575. The Balaban J connectivity index is 1.90. The van der Waals surface area contributed by atoms with Gasteiger partial charge in [0, 0.05) is 4.47 Å². The molecule has 30 heavy (non-hydrogen) atoms. The molecule has 5 nitrogen and oxygen atoms in total. The molecule has 0 atom stereocenters. The summed E-state index contributed by atoms with van der Waals surface area (Å²) in [6.45, 7) is 0. The van der Waals surface area contributed by atoms with Crippen LogP contribution < -0.4 is 15.0 Å². The highest BCUT2D eigenvalue weighted by Crippen LogP contribution is 2.34. The molecule has 1 aromatic heterocycles. The zero-order valence-corrected chi connectivity index (χ0v) is 18.1. The Morgan fingerprint density at radius 1 is 0.900 bits per heavy atom. The SMILES string of the molecule is COc1cc(Br)c(/C=C/c2nc3ccccc3c(=O)n2-c2ccccc2)cc1OC. The number of halogens is 1. The van der Waals surface area contributed by atoms with Gasteiger partial charge in [-0.2, -0.15) is 0 Å². The molecule has 0 radical (unpaired) electrons. The molecule has 6 heteroatoms. The maximum Gasteiger partial charge on any atom is 0.266 e. The average molecular weight is 463 g/mol. The molecule has 4 aromatic rings. The van der Waals surface area contributed by atoms with Crippen LogP contribution in [-0.4, -0.2) is 23.8 Å². The van der Waals surface area contributed by atoms with Crippen LogP contribution in [0.5, 0.6) is 11.5 Å². The fraction of sp³-hybridized carbons (Fsp3) is 0.0833. The molecule has 4 rings (SSSR count). The molecule has 0 fully saturated rings. The maximum atomic E-state index is 13.3. The molecule has 3 aromatic carbocycles. The van der Waals surface area contributed by atoms with Crippen LogP contribution in [0.3, 0.4) is 0 Å². The number of hydrogen-bond donors (Lipinski definition) is 0. The molecule has 0 saturated heterocycles. The molecule has 0 aliphatic carbocycles. The quantitative estimate of drug-likeness (QED) is 0.401. The van der Waals surface area contributed by atoms with Crippen molar-refractivity contribution >= 4 is 39.0 Å². The molecule has 0 bridgehead atoms. The second-order valence-electron chi connectivity index (χ2n) is 6.53. The summed E-state index contributed by atoms with van der Waals surface area (Å²) in [5.74, 6) is 1.78. The van der Waals surface area contributed by atoms with Crippen molar-refractivity contribution in [3.05, 3.63) is 92.9 Å². The summed E-state index contributed by atoms with van der Waals surface area (Å²) in [6.07, 6.45) is 3.72. The van der Waals surface area contributed by atoms with Gasteiger partial charge in [-0.25, -0.2) is 4.98 Å². The standard InChI is InChI=1S/C24H19BrN2O3/c1-29-21-14-16(19(25)15-22(21)30-2)12-13-23-26-20-11-7-6-10-18(20)24(28)27(23)17-8-4-3-5-9-17/h3-15H,1-2H3/b13-12+. The van der Waals surface area contributed by atoms with Crippen molar-refractivity contribution in [3.8, 4) is 17.2 Å². The third-order valence-electron chi connectivity index (χ3n) is 4.73. The van der Waals surface area contributed by atoms with Crippen molar-refractivity contribution in [1.82, 2.24) is 9.55 Å². The summed E-state index contributed by atoms with van der Waals surface area (Å²) in [7, 11) is 3.19. The van der Waals surface area contributed by atoms with Gasteiger partial charge in [0.05, 0.1) is 30.8 Å². The summed E-state index contributed by atoms with van der Waals surface area (Å²) >= 11 is 3.57. The molecule has 150 valence electrons. The molecule has 0 aliphatic rings. The van der Waals surface area contributed by atoms with Crippen molar-refractivity contribution in [3.63, 3.8) is 0 Å². The van der Waals surface area contributed by atoms with Gasteiger partial charge >= 0.3 is 0 Å². The van der Waals surface area contributed by atoms with E-state index in [4.69, 9.17) is 14.5 Å². The predicted molar refractivity (Wildman–Crippen MR) is 124 cm³/mol. The van der Waals surface area contributed by atoms with Crippen LogP contribution >= 0.6 is 15.9 Å². The molecular formula is C24H19BrN2O3. The molecule has 0 amide bonds. The van der Waals surface area contributed by atoms with Gasteiger partial charge in [-0.05, 0) is 48.0 Å². The van der Waals surface area contributed by atoms with Gasteiger partial charge in [0.15, 0.2) is 11.5 Å². The second kappa shape index (κ2) is 8.55. The van der Waals surface area contributed by atoms with Crippen LogP contribution in [0, 0.1) is 0 Å². The number of nitrogens with zero attached hydrogens (tertiary/aromatic N) is 2. The number of aromatic nitrogens is 2. The lowest BCUT2D eigenvalue weighted by Crippen LogP contribution is -2.22. The van der Waals surface area contributed by atoms with E-state index in [-0.39, 0.29) is 5.56 Å². The zero-order valence-electron chi connectivity index (χ0n) is 16.5. The lowest BCUT2D eigenvalue weighted by atomic mass is 10.1. The van der Waals surface area contributed by atoms with E-state index >= 15 is 0 Å². The van der Waals surface area contributed by atoms with Gasteiger partial charge in [-0.3, -0.25) is 9.36 Å². The van der Waals surface area contributed by atoms with E-state index in [0.717, 1.165) is 15.7 Å². The number of benzene rings is 3. The summed E-state index contributed by atoms with van der Waals surface area (Å²) in [6, 6.07) is 20.6. The predicted octanol–water partition coefficient (Wildman–Crippen LogP) is 5.34. The van der Waals surface area contributed by atoms with Gasteiger partial charge in [-0.15, -0.1) is 0 Å². The molecule has 0 unspecified atom stereocenters. The summed E-state index contributed by atoms with van der Waals surface area (Å²) in [4.78, 5) is 18.0. The van der Waals surface area contributed by atoms with Gasteiger partial charge in [0.1, 0.15) is 5.82 Å². The van der Waals surface area contributed by atoms with E-state index in [1.165, 1.54) is 0 Å². The Morgan fingerprint density at radius 2 is 1.57 bits per heavy atom. The van der Waals surface area contributed by atoms with Crippen LogP contribution in [0.1, 0.15) is 11.4 Å². The number of para-hydroxylation sites is 2. The van der Waals surface area contributed by atoms with E-state index in [1.54, 1.807) is 24.9 Å². The normalized spacial score (nSPS) is 11.2. The Kier molecular flexibility index (Phi) is 5.68. The lowest BCUT2D eigenvalue weighted by Gasteiger charge is -2.12. The third-order valence-corrected chi connectivity index (χ3v) is 5.42. The van der Waals surface area contributed by atoms with Gasteiger partial charge in [-0.1, -0.05) is 52.3 Å². The third kappa shape index (κ3) is 3.74. The minimum Gasteiger partial charge on any atom is -0.493 e. The first-order valence-corrected chi connectivity index (χ1v) is 10.1. The first kappa shape index (κ1) is 19.9. The lowest BCUT2D eigenvalue weighted by molar-refractivity contribution is 0.354. The van der Waals surface area contributed by atoms with Crippen LogP contribution in [0.2, 0.25) is 0 Å². The molecule has 0 spiro atoms. The number of rotatable bonds is 5. The number of ether oxygens (including phenoxy) is 2. The number of hydrogen-bond acceptors (Lipinski definition) is 4. The second-order valence-corrected chi connectivity index (χ2v) is 7.38. The number of methoxy groups -OCH3 is 2. The van der Waals surface area contributed by atoms with Crippen LogP contribution in [0.25, 0.3) is 28.7 Å². The molecular weight excluding hydrogens is 444 g/mol. The Hall–Kier alpha value is -3.38. The summed E-state index contributed by atoms with van der Waals surface area (Å²) in [5.41, 5.74) is 2.17. The molecule has 0 aliphatic heterocycles. The highest BCUT2D eigenvalue weighted by molar-refractivity contribution is 9.10. The van der Waals surface area contributed by atoms with Gasteiger partial charge in [0.25, 0.3) is 5.56 Å². The fourth-order valence-corrected chi connectivity index (χ4v) is 3.70. The van der Waals surface area contributed by atoms with Crippen molar-refractivity contribution in [2.45, 2.75) is 0 Å². The van der Waals surface area contributed by atoms with Crippen molar-refractivity contribution in [2.24, 2.45) is 0 Å². The van der Waals surface area contributed by atoms with Crippen molar-refractivity contribution in [2.75, 3.05) is 14.2 Å². The molecule has 0 saturated carbocycles. The average Bonchev–Trinajstić information content (AvgIpc) is 2.78. The topological polar surface area (TPSA) is 53.3 Å². The Bertz CT molecular complexity index is 1300. The van der Waals surface area contributed by atoms with Crippen molar-refractivity contribution < 1.29 is 9.47 Å². The first-order chi connectivity index (χ1) is 14.6. The maximum absolute atomic E-state index is 13.3. The van der Waals surface area contributed by atoms with Crippen LogP contribution in [0.15, 0.2) is 76.0 Å². The van der Waals surface area contributed by atoms with Crippen LogP contribution in [-0.2, 0) is 0 Å².